The molecule has 0 N–H and O–H groups in total. The van der Waals surface area contributed by atoms with Crippen LogP contribution in [0.5, 0.6) is 5.75 Å². The molecule has 5 heterocycles. The van der Waals surface area contributed by atoms with Gasteiger partial charge in [0.15, 0.2) is 5.01 Å². The van der Waals surface area contributed by atoms with E-state index in [2.05, 4.69) is 25.6 Å². The summed E-state index contributed by atoms with van der Waals surface area (Å²) in [6.07, 6.45) is 4.41. The Bertz CT molecular complexity index is 1470. The molecular weight excluding hydrogens is 528 g/mol. The predicted octanol–water partition coefficient (Wildman–Crippen LogP) is 5.43. The van der Waals surface area contributed by atoms with Crippen molar-refractivity contribution in [3.63, 3.8) is 0 Å². The molecule has 1 aliphatic rings. The molecule has 1 saturated heterocycles. The van der Waals surface area contributed by atoms with Gasteiger partial charge in [-0.15, -0.1) is 15.3 Å². The van der Waals surface area contributed by atoms with E-state index in [1.165, 1.54) is 11.3 Å². The van der Waals surface area contributed by atoms with Gasteiger partial charge in [0, 0.05) is 24.8 Å². The maximum absolute atomic E-state index is 12.5. The topological polar surface area (TPSA) is 113 Å². The van der Waals surface area contributed by atoms with Crippen LogP contribution in [0, 0.1) is 13.8 Å². The maximum Gasteiger partial charge on any atom is 0.410 e. The summed E-state index contributed by atoms with van der Waals surface area (Å²) in [6.45, 7) is 12.7. The molecule has 11 nitrogen and oxygen atoms in total. The number of hydrogen-bond acceptors (Lipinski definition) is 9. The number of nitrogens with zero attached hydrogens (tertiary/aromatic N) is 8. The monoisotopic (exact) mass is 558 g/mol. The number of hydrogen-bond donors (Lipinski definition) is 0. The third-order valence-electron chi connectivity index (χ3n) is 6.39. The number of aryl methyl sites for hydroxylation is 1. The van der Waals surface area contributed by atoms with Crippen LogP contribution in [0.2, 0.25) is 5.02 Å². The standard InChI is InChI=1S/C25H31ClN8O3S/c1-14-21(29-31-34(14)18-7-9-32(10-8-18)24(35)37-25(4,5)6)17-11-20(22-19(26)12-27-33(22)13-17)36-15(2)23-30-28-16(3)38-23/h11-13,15,18H,7-10H2,1-6H3. The summed E-state index contributed by atoms with van der Waals surface area (Å²) in [5.41, 5.74) is 2.63. The SMILES string of the molecule is Cc1nnc(C(C)Oc2cc(-c3nnn(C4CCN(C(=O)OC(C)(C)C)CC4)c3C)cn3ncc(Cl)c23)s1. The van der Waals surface area contributed by atoms with Crippen LogP contribution in [0.4, 0.5) is 4.79 Å². The second-order valence-electron chi connectivity index (χ2n) is 10.5. The van der Waals surface area contributed by atoms with Gasteiger partial charge in [0.2, 0.25) is 0 Å². The summed E-state index contributed by atoms with van der Waals surface area (Å²) in [5.74, 6) is 0.574. The number of rotatable bonds is 5. The minimum absolute atomic E-state index is 0.134. The van der Waals surface area contributed by atoms with Gasteiger partial charge < -0.3 is 14.4 Å². The molecule has 202 valence electrons. The lowest BCUT2D eigenvalue weighted by Gasteiger charge is -2.33. The Morgan fingerprint density at radius 1 is 1.18 bits per heavy atom. The number of ether oxygens (including phenoxy) is 2. The van der Waals surface area contributed by atoms with Crippen molar-refractivity contribution in [1.29, 1.82) is 0 Å². The van der Waals surface area contributed by atoms with E-state index in [1.807, 2.05) is 58.5 Å². The van der Waals surface area contributed by atoms with Gasteiger partial charge >= 0.3 is 6.09 Å². The highest BCUT2D eigenvalue weighted by Gasteiger charge is 2.29. The van der Waals surface area contributed by atoms with Crippen LogP contribution < -0.4 is 4.74 Å². The average Bonchev–Trinajstić information content (AvgIpc) is 3.56. The number of likely N-dealkylation sites (tertiary alicyclic amines) is 1. The quantitative estimate of drug-likeness (QED) is 0.319. The number of amides is 1. The molecule has 0 bridgehead atoms. The van der Waals surface area contributed by atoms with Crippen molar-refractivity contribution >= 4 is 34.5 Å². The third-order valence-corrected chi connectivity index (χ3v) is 7.66. The van der Waals surface area contributed by atoms with Crippen LogP contribution in [-0.2, 0) is 4.74 Å². The van der Waals surface area contributed by atoms with Crippen molar-refractivity contribution in [3.8, 4) is 17.0 Å². The molecule has 0 spiro atoms. The number of carbonyl (C=O) groups is 1. The molecule has 1 atom stereocenters. The summed E-state index contributed by atoms with van der Waals surface area (Å²) in [4.78, 5) is 14.2. The van der Waals surface area contributed by atoms with Gasteiger partial charge in [0.1, 0.15) is 33.7 Å². The molecule has 13 heteroatoms. The largest absolute Gasteiger partial charge is 0.481 e. The van der Waals surface area contributed by atoms with E-state index in [1.54, 1.807) is 15.6 Å². The van der Waals surface area contributed by atoms with Crippen LogP contribution >= 0.6 is 22.9 Å². The van der Waals surface area contributed by atoms with E-state index in [-0.39, 0.29) is 18.2 Å². The fraction of sp³-hybridized carbons (Fsp3) is 0.520. The van der Waals surface area contributed by atoms with Crippen LogP contribution in [0.15, 0.2) is 18.5 Å². The molecule has 4 aromatic rings. The molecule has 1 amide bonds. The highest BCUT2D eigenvalue weighted by molar-refractivity contribution is 7.11. The van der Waals surface area contributed by atoms with Gasteiger partial charge in [0.25, 0.3) is 0 Å². The molecule has 1 fully saturated rings. The normalized spacial score (nSPS) is 15.7. The first-order valence-corrected chi connectivity index (χ1v) is 13.7. The van der Waals surface area contributed by atoms with E-state index in [0.29, 0.717) is 29.4 Å². The first-order chi connectivity index (χ1) is 18.0. The zero-order chi connectivity index (χ0) is 27.2. The second-order valence-corrected chi connectivity index (χ2v) is 12.1. The molecule has 1 unspecified atom stereocenters. The van der Waals surface area contributed by atoms with Crippen molar-refractivity contribution in [2.24, 2.45) is 0 Å². The number of halogens is 1. The van der Waals surface area contributed by atoms with Gasteiger partial charge in [-0.1, -0.05) is 28.2 Å². The lowest BCUT2D eigenvalue weighted by Crippen LogP contribution is -2.42. The van der Waals surface area contributed by atoms with E-state index >= 15 is 0 Å². The minimum Gasteiger partial charge on any atom is -0.481 e. The zero-order valence-corrected chi connectivity index (χ0v) is 23.9. The van der Waals surface area contributed by atoms with Crippen molar-refractivity contribution in [2.75, 3.05) is 13.1 Å². The van der Waals surface area contributed by atoms with Crippen LogP contribution in [0.1, 0.15) is 68.4 Å². The number of piperidine rings is 1. The lowest BCUT2D eigenvalue weighted by molar-refractivity contribution is 0.0184. The van der Waals surface area contributed by atoms with E-state index in [4.69, 9.17) is 21.1 Å². The van der Waals surface area contributed by atoms with Gasteiger partial charge in [0.05, 0.1) is 23.0 Å². The summed E-state index contributed by atoms with van der Waals surface area (Å²) in [6, 6.07) is 2.05. The predicted molar refractivity (Wildman–Crippen MR) is 144 cm³/mol. The molecule has 38 heavy (non-hydrogen) atoms. The molecule has 5 rings (SSSR count). The number of aromatic nitrogens is 7. The van der Waals surface area contributed by atoms with Gasteiger partial charge in [-0.2, -0.15) is 5.10 Å². The van der Waals surface area contributed by atoms with Crippen molar-refractivity contribution in [3.05, 3.63) is 39.2 Å². The summed E-state index contributed by atoms with van der Waals surface area (Å²) in [7, 11) is 0. The zero-order valence-electron chi connectivity index (χ0n) is 22.3. The van der Waals surface area contributed by atoms with Crippen LogP contribution in [-0.4, -0.2) is 64.5 Å². The molecular formula is C25H31ClN8O3S. The van der Waals surface area contributed by atoms with Gasteiger partial charge in [-0.25, -0.2) is 14.0 Å². The van der Waals surface area contributed by atoms with Gasteiger partial charge in [-0.3, -0.25) is 0 Å². The van der Waals surface area contributed by atoms with E-state index in [9.17, 15) is 4.79 Å². The highest BCUT2D eigenvalue weighted by Crippen LogP contribution is 2.36. The summed E-state index contributed by atoms with van der Waals surface area (Å²) >= 11 is 7.95. The van der Waals surface area contributed by atoms with Gasteiger partial charge in [-0.05, 0) is 60.5 Å². The summed E-state index contributed by atoms with van der Waals surface area (Å²) in [5, 5.41) is 23.9. The van der Waals surface area contributed by atoms with E-state index < -0.39 is 5.60 Å². The van der Waals surface area contributed by atoms with Crippen molar-refractivity contribution < 1.29 is 14.3 Å². The molecule has 0 radical (unpaired) electrons. The Morgan fingerprint density at radius 2 is 1.92 bits per heavy atom. The van der Waals surface area contributed by atoms with Crippen LogP contribution in [0.25, 0.3) is 16.8 Å². The molecule has 0 aliphatic carbocycles. The second kappa shape index (κ2) is 10.1. The fourth-order valence-electron chi connectivity index (χ4n) is 4.56. The number of pyridine rings is 1. The molecule has 1 aliphatic heterocycles. The highest BCUT2D eigenvalue weighted by atomic mass is 35.5. The number of fused-ring (bicyclic) bond motifs is 1. The average molecular weight is 559 g/mol. The Labute approximate surface area is 229 Å². The Hall–Kier alpha value is -3.25. The Morgan fingerprint density at radius 3 is 2.58 bits per heavy atom. The first kappa shape index (κ1) is 26.4. The molecule has 0 saturated carbocycles. The lowest BCUT2D eigenvalue weighted by atomic mass is 10.0. The third kappa shape index (κ3) is 5.32. The smallest absolute Gasteiger partial charge is 0.410 e. The first-order valence-electron chi connectivity index (χ1n) is 12.5. The van der Waals surface area contributed by atoms with Crippen molar-refractivity contribution in [1.82, 2.24) is 39.7 Å². The fourth-order valence-corrected chi connectivity index (χ4v) is 5.46. The Balaban J connectivity index is 1.38. The van der Waals surface area contributed by atoms with Crippen LogP contribution in [0.3, 0.4) is 0 Å². The maximum atomic E-state index is 12.5. The Kier molecular flexibility index (Phi) is 7.03. The van der Waals surface area contributed by atoms with E-state index in [0.717, 1.165) is 39.8 Å². The van der Waals surface area contributed by atoms with Crippen molar-refractivity contribution in [2.45, 2.75) is 72.1 Å². The summed E-state index contributed by atoms with van der Waals surface area (Å²) < 4.78 is 15.5. The molecule has 4 aromatic heterocycles. The molecule has 0 aromatic carbocycles. The minimum atomic E-state index is -0.512. The number of carbonyl (C=O) groups excluding carboxylic acids is 1.